The molecule has 9 heteroatoms. The quantitative estimate of drug-likeness (QED) is 0.699. The third kappa shape index (κ3) is 3.49. The Morgan fingerprint density at radius 2 is 2.10 bits per heavy atom. The summed E-state index contributed by atoms with van der Waals surface area (Å²) in [5.41, 5.74) is 2.00. The number of anilines is 1. The molecule has 4 rings (SSSR count). The molecule has 1 aromatic carbocycles. The molecule has 1 saturated carbocycles. The fourth-order valence-corrected chi connectivity index (χ4v) is 3.95. The summed E-state index contributed by atoms with van der Waals surface area (Å²) in [6.45, 7) is 0.527. The molecular weight excluding hydrogens is 382 g/mol. The molecule has 1 aliphatic heterocycles. The second-order valence-corrected chi connectivity index (χ2v) is 7.42. The maximum absolute atomic E-state index is 11.1. The van der Waals surface area contributed by atoms with Crippen molar-refractivity contribution in [2.45, 2.75) is 24.8 Å². The number of hydrogen-bond acceptors (Lipinski definition) is 7. The predicted molar refractivity (Wildman–Crippen MR) is 109 cm³/mol. The van der Waals surface area contributed by atoms with Crippen molar-refractivity contribution < 1.29 is 9.90 Å². The van der Waals surface area contributed by atoms with E-state index in [2.05, 4.69) is 27.7 Å². The van der Waals surface area contributed by atoms with Crippen LogP contribution in [0, 0.1) is 28.6 Å². The van der Waals surface area contributed by atoms with E-state index in [1.54, 1.807) is 24.5 Å². The lowest BCUT2D eigenvalue weighted by Crippen LogP contribution is -2.61. The third-order valence-corrected chi connectivity index (χ3v) is 5.55. The second-order valence-electron chi connectivity index (χ2n) is 7.42. The Morgan fingerprint density at radius 1 is 1.33 bits per heavy atom. The number of aromatic nitrogens is 2. The molecule has 0 unspecified atom stereocenters. The summed E-state index contributed by atoms with van der Waals surface area (Å²) in [5, 5.41) is 37.8. The number of carboxylic acid groups (broad SMARTS) is 1. The van der Waals surface area contributed by atoms with Crippen LogP contribution in [-0.4, -0.2) is 44.2 Å². The van der Waals surface area contributed by atoms with Crippen LogP contribution in [-0.2, 0) is 0 Å². The number of aromatic carboxylic acids is 1. The number of benzene rings is 1. The van der Waals surface area contributed by atoms with E-state index in [1.807, 2.05) is 11.0 Å². The van der Waals surface area contributed by atoms with Crippen molar-refractivity contribution in [3.05, 3.63) is 53.9 Å². The molecular formula is C21H19N7O2. The number of aliphatic imine (C=N–C) groups is 1. The molecule has 30 heavy (non-hydrogen) atoms. The number of hydrogen-bond donors (Lipinski definition) is 3. The van der Waals surface area contributed by atoms with E-state index in [9.17, 15) is 15.3 Å². The van der Waals surface area contributed by atoms with Crippen molar-refractivity contribution in [1.82, 2.24) is 15.1 Å². The average Bonchev–Trinajstić information content (AvgIpc) is 3.26. The minimum Gasteiger partial charge on any atom is -0.478 e. The lowest BCUT2D eigenvalue weighted by atomic mass is 9.66. The van der Waals surface area contributed by atoms with Gasteiger partial charge in [-0.2, -0.15) is 15.6 Å². The van der Waals surface area contributed by atoms with Gasteiger partial charge in [0.15, 0.2) is 0 Å². The van der Waals surface area contributed by atoms with Gasteiger partial charge in [0, 0.05) is 24.0 Å². The van der Waals surface area contributed by atoms with Crippen LogP contribution >= 0.6 is 0 Å². The molecule has 0 spiro atoms. The number of H-pyrrole nitrogens is 1. The zero-order valence-corrected chi connectivity index (χ0v) is 16.0. The molecule has 0 atom stereocenters. The van der Waals surface area contributed by atoms with Gasteiger partial charge in [-0.25, -0.2) is 9.79 Å². The zero-order chi connectivity index (χ0) is 21.1. The van der Waals surface area contributed by atoms with E-state index in [1.165, 1.54) is 12.1 Å². The van der Waals surface area contributed by atoms with Crippen molar-refractivity contribution >= 4 is 23.3 Å². The van der Waals surface area contributed by atoms with Gasteiger partial charge in [-0.05, 0) is 43.2 Å². The lowest BCUT2D eigenvalue weighted by Gasteiger charge is -2.52. The molecule has 2 aromatic rings. The van der Waals surface area contributed by atoms with Gasteiger partial charge in [-0.1, -0.05) is 0 Å². The van der Waals surface area contributed by atoms with Crippen molar-refractivity contribution in [2.24, 2.45) is 10.9 Å². The van der Waals surface area contributed by atoms with Crippen LogP contribution in [0.4, 0.5) is 5.69 Å². The number of guanidine groups is 1. The minimum atomic E-state index is -0.992. The molecule has 0 bridgehead atoms. The highest BCUT2D eigenvalue weighted by Gasteiger charge is 2.50. The smallest absolute Gasteiger partial charge is 0.335 e. The van der Waals surface area contributed by atoms with E-state index >= 15 is 0 Å². The highest BCUT2D eigenvalue weighted by molar-refractivity contribution is 5.99. The molecule has 3 N–H and O–H groups in total. The van der Waals surface area contributed by atoms with E-state index in [4.69, 9.17) is 10.1 Å². The lowest BCUT2D eigenvalue weighted by molar-refractivity contribution is 0.0557. The molecule has 2 heterocycles. The van der Waals surface area contributed by atoms with Crippen molar-refractivity contribution in [3.63, 3.8) is 0 Å². The van der Waals surface area contributed by atoms with Crippen LogP contribution in [0.2, 0.25) is 0 Å². The van der Waals surface area contributed by atoms with E-state index < -0.39 is 11.5 Å². The highest BCUT2D eigenvalue weighted by atomic mass is 16.4. The van der Waals surface area contributed by atoms with Crippen LogP contribution < -0.4 is 5.32 Å². The molecule has 2 aliphatic rings. The normalized spacial score (nSPS) is 22.7. The summed E-state index contributed by atoms with van der Waals surface area (Å²) < 4.78 is 0. The highest BCUT2D eigenvalue weighted by Crippen LogP contribution is 2.45. The topological polar surface area (TPSA) is 141 Å². The van der Waals surface area contributed by atoms with Crippen molar-refractivity contribution in [1.29, 1.82) is 10.5 Å². The molecule has 150 valence electrons. The number of nitrogens with one attached hydrogen (secondary N) is 2. The number of aromatic amines is 1. The Morgan fingerprint density at radius 3 is 2.70 bits per heavy atom. The first-order valence-corrected chi connectivity index (χ1v) is 9.47. The first-order valence-electron chi connectivity index (χ1n) is 9.47. The molecule has 9 nitrogen and oxygen atoms in total. The molecule has 0 saturated heterocycles. The first kappa shape index (κ1) is 19.2. The molecule has 1 fully saturated rings. The van der Waals surface area contributed by atoms with E-state index in [0.29, 0.717) is 37.5 Å². The van der Waals surface area contributed by atoms with E-state index in [-0.39, 0.29) is 11.5 Å². The van der Waals surface area contributed by atoms with Crippen LogP contribution in [0.15, 0.2) is 47.7 Å². The zero-order valence-electron chi connectivity index (χ0n) is 16.0. The number of nitrogens with zero attached hydrogens (tertiary/aromatic N) is 5. The standard InChI is InChI=1S/C21H19N7O2/c22-7-6-21(9-14(10-21)11-23)28-8-5-18(16-12-24-25-13-16)27-20(28)26-17-3-1-15(2-4-17)19(29)30/h1-5,12-14H,6,8-10H2,(H,24,25)(H,26,27)(H,29,30). The van der Waals surface area contributed by atoms with Gasteiger partial charge >= 0.3 is 5.97 Å². The van der Waals surface area contributed by atoms with Gasteiger partial charge in [0.25, 0.3) is 0 Å². The summed E-state index contributed by atoms with van der Waals surface area (Å²) in [6.07, 6.45) is 6.91. The predicted octanol–water partition coefficient (Wildman–Crippen LogP) is 2.82. The first-order chi connectivity index (χ1) is 14.5. The van der Waals surface area contributed by atoms with Gasteiger partial charge in [0.05, 0.1) is 47.5 Å². The maximum atomic E-state index is 11.1. The largest absolute Gasteiger partial charge is 0.478 e. The Balaban J connectivity index is 1.66. The van der Waals surface area contributed by atoms with Gasteiger partial charge in [0.1, 0.15) is 0 Å². The molecule has 1 aliphatic carbocycles. The van der Waals surface area contributed by atoms with Crippen molar-refractivity contribution in [3.8, 4) is 12.1 Å². The third-order valence-electron chi connectivity index (χ3n) is 5.55. The number of carbonyl (C=O) groups is 1. The van der Waals surface area contributed by atoms with Crippen LogP contribution in [0.5, 0.6) is 0 Å². The molecule has 1 aromatic heterocycles. The molecule has 0 radical (unpaired) electrons. The average molecular weight is 401 g/mol. The van der Waals surface area contributed by atoms with Crippen LogP contribution in [0.25, 0.3) is 5.70 Å². The summed E-state index contributed by atoms with van der Waals surface area (Å²) in [4.78, 5) is 17.9. The van der Waals surface area contributed by atoms with Crippen molar-refractivity contribution in [2.75, 3.05) is 11.9 Å². The summed E-state index contributed by atoms with van der Waals surface area (Å²) >= 11 is 0. The van der Waals surface area contributed by atoms with Crippen LogP contribution in [0.3, 0.4) is 0 Å². The SMILES string of the molecule is N#CCC1(N2CC=C(c3cn[nH]c3)N=C2Nc2ccc(C(=O)O)cc2)CC(C#N)C1. The minimum absolute atomic E-state index is 0.0753. The van der Waals surface area contributed by atoms with Gasteiger partial charge in [0.2, 0.25) is 5.96 Å². The fraction of sp³-hybridized carbons (Fsp3) is 0.286. The fourth-order valence-electron chi connectivity index (χ4n) is 3.95. The number of rotatable bonds is 5. The Bertz CT molecular complexity index is 1080. The number of nitriles is 2. The van der Waals surface area contributed by atoms with Gasteiger partial charge in [-0.3, -0.25) is 5.10 Å². The Kier molecular flexibility index (Phi) is 4.95. The molecule has 0 amide bonds. The van der Waals surface area contributed by atoms with Crippen LogP contribution in [0.1, 0.15) is 35.2 Å². The summed E-state index contributed by atoms with van der Waals surface area (Å²) in [7, 11) is 0. The van der Waals surface area contributed by atoms with Gasteiger partial charge < -0.3 is 15.3 Å². The monoisotopic (exact) mass is 401 g/mol. The summed E-state index contributed by atoms with van der Waals surface area (Å²) in [5.74, 6) is -0.509. The Hall–Kier alpha value is -4.11. The summed E-state index contributed by atoms with van der Waals surface area (Å²) in [6, 6.07) is 10.9. The second kappa shape index (κ2) is 7.72. The van der Waals surface area contributed by atoms with E-state index in [0.717, 1.165) is 11.3 Å². The number of carboxylic acids is 1. The maximum Gasteiger partial charge on any atom is 0.335 e. The Labute approximate surface area is 173 Å². The van der Waals surface area contributed by atoms with Gasteiger partial charge in [-0.15, -0.1) is 0 Å².